The molecule has 1 aliphatic carbocycles. The molecule has 1 amide bonds. The summed E-state index contributed by atoms with van der Waals surface area (Å²) in [5.41, 5.74) is 3.55. The summed E-state index contributed by atoms with van der Waals surface area (Å²) >= 11 is 6.06. The SMILES string of the molecule is Cc1cc(Cl)nc(C)c1C(=O)NCCC(C)N1CCC2OC1C2N1C(c2ccccc2)CN[C@H]1C1CCCC1. The van der Waals surface area contributed by atoms with Gasteiger partial charge in [0.05, 0.1) is 29.6 Å². The first-order valence-corrected chi connectivity index (χ1v) is 15.2. The summed E-state index contributed by atoms with van der Waals surface area (Å²) in [6.45, 7) is 8.68. The molecule has 4 aliphatic heterocycles. The quantitative estimate of drug-likeness (QED) is 0.458. The Morgan fingerprint density at radius 2 is 1.97 bits per heavy atom. The maximum absolute atomic E-state index is 12.9. The number of pyridine rings is 1. The lowest BCUT2D eigenvalue weighted by atomic mass is 9.87. The fraction of sp³-hybridized carbons (Fsp3) is 0.613. The highest BCUT2D eigenvalue weighted by molar-refractivity contribution is 6.29. The number of rotatable bonds is 8. The van der Waals surface area contributed by atoms with Gasteiger partial charge in [-0.05, 0) is 69.6 Å². The van der Waals surface area contributed by atoms with Crippen molar-refractivity contribution in [3.8, 4) is 0 Å². The van der Waals surface area contributed by atoms with Gasteiger partial charge in [0.15, 0.2) is 0 Å². The third kappa shape index (κ3) is 5.24. The number of carbonyl (C=O) groups is 1. The molecule has 5 heterocycles. The van der Waals surface area contributed by atoms with Crippen molar-refractivity contribution in [1.82, 2.24) is 25.4 Å². The molecule has 1 saturated carbocycles. The van der Waals surface area contributed by atoms with Crippen molar-refractivity contribution in [2.75, 3.05) is 19.6 Å². The topological polar surface area (TPSA) is 69.7 Å². The Kier molecular flexibility index (Phi) is 7.98. The van der Waals surface area contributed by atoms with Crippen LogP contribution in [0.3, 0.4) is 0 Å². The second kappa shape index (κ2) is 11.5. The number of fused-ring (bicyclic) bond motifs is 2. The number of piperidine rings is 1. The molecule has 210 valence electrons. The number of nitrogens with one attached hydrogen (secondary N) is 2. The van der Waals surface area contributed by atoms with E-state index >= 15 is 0 Å². The molecule has 6 atom stereocenters. The monoisotopic (exact) mass is 551 g/mol. The number of carbonyl (C=O) groups excluding carboxylic acids is 1. The van der Waals surface area contributed by atoms with E-state index in [1.165, 1.54) is 31.2 Å². The van der Waals surface area contributed by atoms with Gasteiger partial charge in [-0.3, -0.25) is 19.9 Å². The maximum atomic E-state index is 12.9. The van der Waals surface area contributed by atoms with Crippen LogP contribution in [0, 0.1) is 19.8 Å². The lowest BCUT2D eigenvalue weighted by molar-refractivity contribution is -0.299. The molecule has 4 saturated heterocycles. The zero-order chi connectivity index (χ0) is 27.1. The zero-order valence-corrected chi connectivity index (χ0v) is 24.2. The Morgan fingerprint density at radius 1 is 1.21 bits per heavy atom. The molecule has 2 N–H and O–H groups in total. The van der Waals surface area contributed by atoms with E-state index in [-0.39, 0.29) is 12.1 Å². The summed E-state index contributed by atoms with van der Waals surface area (Å²) in [6.07, 6.45) is 8.09. The van der Waals surface area contributed by atoms with E-state index in [0.29, 0.717) is 53.4 Å². The third-order valence-electron chi connectivity index (χ3n) is 9.57. The molecule has 5 unspecified atom stereocenters. The molecule has 5 aliphatic rings. The molecule has 7 rings (SSSR count). The number of aromatic nitrogens is 1. The van der Waals surface area contributed by atoms with E-state index in [1.807, 2.05) is 13.8 Å². The molecule has 2 bridgehead atoms. The predicted octanol–water partition coefficient (Wildman–Crippen LogP) is 4.82. The number of hydrogen-bond acceptors (Lipinski definition) is 6. The molecular weight excluding hydrogens is 510 g/mol. The number of benzene rings is 1. The van der Waals surface area contributed by atoms with Gasteiger partial charge >= 0.3 is 0 Å². The van der Waals surface area contributed by atoms with E-state index in [2.05, 4.69) is 62.7 Å². The number of amides is 1. The largest absolute Gasteiger partial charge is 0.356 e. The summed E-state index contributed by atoms with van der Waals surface area (Å²) < 4.78 is 6.52. The minimum atomic E-state index is -0.0777. The fourth-order valence-electron chi connectivity index (χ4n) is 7.62. The van der Waals surface area contributed by atoms with Crippen LogP contribution in [0.5, 0.6) is 0 Å². The second-order valence-corrected chi connectivity index (χ2v) is 12.4. The smallest absolute Gasteiger partial charge is 0.253 e. The first kappa shape index (κ1) is 27.2. The third-order valence-corrected chi connectivity index (χ3v) is 9.76. The Balaban J connectivity index is 1.13. The van der Waals surface area contributed by atoms with Gasteiger partial charge in [-0.15, -0.1) is 0 Å². The van der Waals surface area contributed by atoms with Crippen molar-refractivity contribution >= 4 is 17.5 Å². The van der Waals surface area contributed by atoms with Crippen molar-refractivity contribution < 1.29 is 9.53 Å². The number of ether oxygens (including phenoxy) is 1. The van der Waals surface area contributed by atoms with E-state index < -0.39 is 0 Å². The average molecular weight is 552 g/mol. The van der Waals surface area contributed by atoms with Crippen molar-refractivity contribution in [2.24, 2.45) is 5.92 Å². The lowest BCUT2D eigenvalue weighted by Crippen LogP contribution is -2.74. The van der Waals surface area contributed by atoms with Crippen LogP contribution in [-0.4, -0.2) is 70.9 Å². The van der Waals surface area contributed by atoms with Crippen molar-refractivity contribution in [3.05, 3.63) is 63.9 Å². The van der Waals surface area contributed by atoms with Gasteiger partial charge in [0, 0.05) is 31.7 Å². The molecule has 2 aromatic rings. The average Bonchev–Trinajstić information content (AvgIpc) is 3.59. The number of hydrogen-bond donors (Lipinski definition) is 2. The van der Waals surface area contributed by atoms with Gasteiger partial charge in [-0.25, -0.2) is 4.98 Å². The second-order valence-electron chi connectivity index (χ2n) is 12.0. The molecule has 5 fully saturated rings. The molecule has 0 spiro atoms. The molecule has 7 nitrogen and oxygen atoms in total. The van der Waals surface area contributed by atoms with Gasteiger partial charge in [0.25, 0.3) is 5.91 Å². The highest BCUT2D eigenvalue weighted by Gasteiger charge is 2.58. The van der Waals surface area contributed by atoms with Gasteiger partial charge in [-0.1, -0.05) is 54.8 Å². The Hall–Kier alpha value is -2.03. The number of aryl methyl sites for hydroxylation is 2. The van der Waals surface area contributed by atoms with Gasteiger partial charge < -0.3 is 10.1 Å². The summed E-state index contributed by atoms with van der Waals surface area (Å²) in [5.74, 6) is 0.640. The van der Waals surface area contributed by atoms with Crippen LogP contribution in [0.25, 0.3) is 0 Å². The Morgan fingerprint density at radius 3 is 2.69 bits per heavy atom. The van der Waals surface area contributed by atoms with E-state index in [9.17, 15) is 4.79 Å². The standard InChI is InChI=1S/C31H42ClN5O2/c1-19-17-26(32)35-21(3)27(19)30(38)33-15-13-20(2)36-16-14-25-28(31(36)39-25)37-24(22-9-5-4-6-10-22)18-34-29(37)23-11-7-8-12-23/h4-6,9-10,17,20,23-25,28-29,31,34H,7-8,11-16,18H2,1-3H3,(H,33,38)/t20?,24?,25?,28?,29-,31?/m1/s1. The van der Waals surface area contributed by atoms with Crippen LogP contribution in [0.2, 0.25) is 5.15 Å². The van der Waals surface area contributed by atoms with Crippen LogP contribution < -0.4 is 10.6 Å². The van der Waals surface area contributed by atoms with E-state index in [0.717, 1.165) is 37.4 Å². The van der Waals surface area contributed by atoms with Crippen LogP contribution in [0.15, 0.2) is 36.4 Å². The van der Waals surface area contributed by atoms with Crippen LogP contribution in [-0.2, 0) is 4.74 Å². The van der Waals surface area contributed by atoms with Gasteiger partial charge in [0.1, 0.15) is 11.4 Å². The first-order chi connectivity index (χ1) is 18.9. The minimum absolute atomic E-state index is 0.0777. The summed E-state index contributed by atoms with van der Waals surface area (Å²) in [6, 6.07) is 13.8. The Bertz CT molecular complexity index is 1150. The van der Waals surface area contributed by atoms with Gasteiger partial charge in [0.2, 0.25) is 0 Å². The molecular formula is C31H42ClN5O2. The van der Waals surface area contributed by atoms with Crippen molar-refractivity contribution in [1.29, 1.82) is 0 Å². The van der Waals surface area contributed by atoms with Crippen LogP contribution in [0.1, 0.15) is 78.7 Å². The van der Waals surface area contributed by atoms with Gasteiger partial charge in [-0.2, -0.15) is 0 Å². The van der Waals surface area contributed by atoms with E-state index in [4.69, 9.17) is 16.3 Å². The zero-order valence-electron chi connectivity index (χ0n) is 23.4. The Labute approximate surface area is 237 Å². The maximum Gasteiger partial charge on any atom is 0.253 e. The number of halogens is 1. The van der Waals surface area contributed by atoms with Crippen molar-refractivity contribution in [2.45, 2.75) is 95.9 Å². The molecule has 39 heavy (non-hydrogen) atoms. The van der Waals surface area contributed by atoms with Crippen LogP contribution in [0.4, 0.5) is 0 Å². The molecule has 8 heteroatoms. The number of nitrogens with zero attached hydrogens (tertiary/aromatic N) is 3. The normalized spacial score (nSPS) is 30.3. The summed E-state index contributed by atoms with van der Waals surface area (Å²) in [5, 5.41) is 7.49. The van der Waals surface area contributed by atoms with Crippen LogP contribution >= 0.6 is 11.6 Å². The minimum Gasteiger partial charge on any atom is -0.356 e. The first-order valence-electron chi connectivity index (χ1n) is 14.8. The summed E-state index contributed by atoms with van der Waals surface area (Å²) in [4.78, 5) is 22.6. The predicted molar refractivity (Wildman–Crippen MR) is 154 cm³/mol. The highest BCUT2D eigenvalue weighted by Crippen LogP contribution is 2.46. The molecule has 1 aromatic heterocycles. The molecule has 1 aromatic carbocycles. The summed E-state index contributed by atoms with van der Waals surface area (Å²) in [7, 11) is 0. The van der Waals surface area contributed by atoms with Crippen molar-refractivity contribution in [3.63, 3.8) is 0 Å². The van der Waals surface area contributed by atoms with E-state index in [1.54, 1.807) is 6.07 Å². The fourth-order valence-corrected chi connectivity index (χ4v) is 7.91. The highest BCUT2D eigenvalue weighted by atomic mass is 35.5. The lowest BCUT2D eigenvalue weighted by Gasteiger charge is -2.60. The molecule has 0 radical (unpaired) electrons.